The molecule has 0 fully saturated rings. The Kier molecular flexibility index (Phi) is 11.2. The van der Waals surface area contributed by atoms with Crippen LogP contribution in [0.3, 0.4) is 0 Å². The van der Waals surface area contributed by atoms with Gasteiger partial charge < -0.3 is 15.0 Å². The van der Waals surface area contributed by atoms with Crippen LogP contribution in [-0.2, 0) is 26.2 Å². The predicted molar refractivity (Wildman–Crippen MR) is 144 cm³/mol. The largest absolute Gasteiger partial charge is 0.492 e. The average Bonchev–Trinajstić information content (AvgIpc) is 2.83. The number of sulfonamides is 1. The van der Waals surface area contributed by atoms with E-state index in [1.807, 2.05) is 52.0 Å². The highest BCUT2D eigenvalue weighted by Gasteiger charge is 2.29. The molecule has 2 aromatic rings. The minimum atomic E-state index is -3.61. The van der Waals surface area contributed by atoms with Crippen LogP contribution >= 0.6 is 0 Å². The summed E-state index contributed by atoms with van der Waals surface area (Å²) in [5, 5.41) is 2.83. The quantitative estimate of drug-likeness (QED) is 0.410. The van der Waals surface area contributed by atoms with Crippen LogP contribution < -0.4 is 14.4 Å². The molecule has 0 heterocycles. The molecule has 198 valence electrons. The van der Waals surface area contributed by atoms with E-state index in [2.05, 4.69) is 5.32 Å². The molecule has 2 rings (SSSR count). The molecular formula is C27H39N3O5S. The standard InChI is InChI=1S/C27H39N3O5S/c1-6-23(27(32)28-7-2)29(20-22-17-15-21(4)16-18-22)26(31)14-11-19-30(36(5,33)34)24-12-9-10-13-25(24)35-8-3/h9-10,12-13,15-18,23H,6-8,11,14,19-20H2,1-5H3,(H,28,32)/t23-/m1/s1. The summed E-state index contributed by atoms with van der Waals surface area (Å²) in [6.45, 7) is 8.85. The molecule has 9 heteroatoms. The number of benzene rings is 2. The average molecular weight is 518 g/mol. The number of carbonyl (C=O) groups is 2. The van der Waals surface area contributed by atoms with E-state index in [0.717, 1.165) is 17.4 Å². The van der Waals surface area contributed by atoms with Crippen LogP contribution in [-0.4, -0.2) is 57.1 Å². The Morgan fingerprint density at radius 3 is 2.28 bits per heavy atom. The van der Waals surface area contributed by atoms with Crippen molar-refractivity contribution in [1.29, 1.82) is 0 Å². The highest BCUT2D eigenvalue weighted by Crippen LogP contribution is 2.30. The Labute approximate surface area is 215 Å². The molecule has 0 unspecified atom stereocenters. The number of carbonyl (C=O) groups excluding carboxylic acids is 2. The van der Waals surface area contributed by atoms with Crippen molar-refractivity contribution in [2.75, 3.05) is 30.3 Å². The summed E-state index contributed by atoms with van der Waals surface area (Å²) in [5.41, 5.74) is 2.49. The molecule has 0 saturated carbocycles. The molecule has 0 spiro atoms. The van der Waals surface area contributed by atoms with Crippen molar-refractivity contribution in [2.45, 2.75) is 59.5 Å². The zero-order valence-electron chi connectivity index (χ0n) is 22.0. The molecule has 2 aromatic carbocycles. The zero-order chi connectivity index (χ0) is 26.7. The number of para-hydroxylation sites is 2. The van der Waals surface area contributed by atoms with E-state index >= 15 is 0 Å². The van der Waals surface area contributed by atoms with Gasteiger partial charge in [-0.25, -0.2) is 8.42 Å². The summed E-state index contributed by atoms with van der Waals surface area (Å²) < 4.78 is 32.1. The van der Waals surface area contributed by atoms with Gasteiger partial charge in [-0.1, -0.05) is 48.9 Å². The molecular weight excluding hydrogens is 478 g/mol. The molecule has 0 bridgehead atoms. The number of nitrogens with one attached hydrogen (secondary N) is 1. The molecule has 1 N–H and O–H groups in total. The lowest BCUT2D eigenvalue weighted by Gasteiger charge is -2.31. The number of anilines is 1. The number of aryl methyl sites for hydroxylation is 1. The Balaban J connectivity index is 2.23. The third kappa shape index (κ3) is 8.26. The normalized spacial score (nSPS) is 12.0. The molecule has 0 aliphatic heterocycles. The Bertz CT molecular complexity index is 1100. The Morgan fingerprint density at radius 2 is 1.69 bits per heavy atom. The third-order valence-electron chi connectivity index (χ3n) is 5.80. The Morgan fingerprint density at radius 1 is 1.03 bits per heavy atom. The van der Waals surface area contributed by atoms with Gasteiger partial charge in [0, 0.05) is 26.1 Å². The lowest BCUT2D eigenvalue weighted by Crippen LogP contribution is -2.49. The summed E-state index contributed by atoms with van der Waals surface area (Å²) in [7, 11) is -3.61. The van der Waals surface area contributed by atoms with Crippen molar-refractivity contribution < 1.29 is 22.7 Å². The maximum atomic E-state index is 13.4. The van der Waals surface area contributed by atoms with Crippen LogP contribution in [0.5, 0.6) is 5.75 Å². The molecule has 0 aromatic heterocycles. The second-order valence-corrected chi connectivity index (χ2v) is 10.6. The van der Waals surface area contributed by atoms with Crippen LogP contribution in [0, 0.1) is 6.92 Å². The number of rotatable bonds is 14. The zero-order valence-corrected chi connectivity index (χ0v) is 22.8. The van der Waals surface area contributed by atoms with Gasteiger partial charge >= 0.3 is 0 Å². The highest BCUT2D eigenvalue weighted by molar-refractivity contribution is 7.92. The first-order valence-corrected chi connectivity index (χ1v) is 14.3. The summed E-state index contributed by atoms with van der Waals surface area (Å²) in [4.78, 5) is 27.8. The van der Waals surface area contributed by atoms with Crippen LogP contribution in [0.2, 0.25) is 0 Å². The first-order chi connectivity index (χ1) is 17.1. The van der Waals surface area contributed by atoms with Crippen molar-refractivity contribution in [3.63, 3.8) is 0 Å². The maximum Gasteiger partial charge on any atom is 0.242 e. The predicted octanol–water partition coefficient (Wildman–Crippen LogP) is 3.88. The van der Waals surface area contributed by atoms with E-state index in [9.17, 15) is 18.0 Å². The van der Waals surface area contributed by atoms with E-state index in [0.29, 0.717) is 44.0 Å². The van der Waals surface area contributed by atoms with Crippen LogP contribution in [0.15, 0.2) is 48.5 Å². The van der Waals surface area contributed by atoms with Gasteiger partial charge in [-0.05, 0) is 51.3 Å². The number of hydrogen-bond donors (Lipinski definition) is 1. The molecule has 1 atom stereocenters. The van der Waals surface area contributed by atoms with Crippen LogP contribution in [0.4, 0.5) is 5.69 Å². The molecule has 36 heavy (non-hydrogen) atoms. The monoisotopic (exact) mass is 517 g/mol. The van der Waals surface area contributed by atoms with Gasteiger partial charge in [-0.2, -0.15) is 0 Å². The fraction of sp³-hybridized carbons (Fsp3) is 0.481. The van der Waals surface area contributed by atoms with E-state index in [1.54, 1.807) is 29.2 Å². The maximum absolute atomic E-state index is 13.4. The van der Waals surface area contributed by atoms with Crippen LogP contribution in [0.25, 0.3) is 0 Å². The first kappa shape index (κ1) is 29.2. The van der Waals surface area contributed by atoms with Crippen molar-refractivity contribution in [3.05, 3.63) is 59.7 Å². The molecule has 0 saturated heterocycles. The molecule has 2 amide bonds. The van der Waals surface area contributed by atoms with Crippen molar-refractivity contribution in [3.8, 4) is 5.75 Å². The van der Waals surface area contributed by atoms with E-state index in [4.69, 9.17) is 4.74 Å². The molecule has 0 radical (unpaired) electrons. The van der Waals surface area contributed by atoms with Crippen molar-refractivity contribution in [2.24, 2.45) is 0 Å². The summed E-state index contributed by atoms with van der Waals surface area (Å²) in [6.07, 6.45) is 2.01. The minimum Gasteiger partial charge on any atom is -0.492 e. The summed E-state index contributed by atoms with van der Waals surface area (Å²) in [6, 6.07) is 14.2. The summed E-state index contributed by atoms with van der Waals surface area (Å²) in [5.74, 6) is 0.0871. The highest BCUT2D eigenvalue weighted by atomic mass is 32.2. The topological polar surface area (TPSA) is 96.0 Å². The van der Waals surface area contributed by atoms with Gasteiger partial charge in [-0.15, -0.1) is 0 Å². The second kappa shape index (κ2) is 13.9. The van der Waals surface area contributed by atoms with Gasteiger partial charge in [0.1, 0.15) is 11.8 Å². The fourth-order valence-electron chi connectivity index (χ4n) is 4.02. The van der Waals surface area contributed by atoms with Gasteiger partial charge in [0.25, 0.3) is 0 Å². The molecule has 0 aliphatic carbocycles. The smallest absolute Gasteiger partial charge is 0.242 e. The molecule has 8 nitrogen and oxygen atoms in total. The van der Waals surface area contributed by atoms with Crippen LogP contribution in [0.1, 0.15) is 51.2 Å². The number of likely N-dealkylation sites (N-methyl/N-ethyl adjacent to an activating group) is 1. The SMILES string of the molecule is CCNC(=O)[C@@H](CC)N(Cc1ccc(C)cc1)C(=O)CCCN(c1ccccc1OCC)S(C)(=O)=O. The Hall–Kier alpha value is -3.07. The summed E-state index contributed by atoms with van der Waals surface area (Å²) >= 11 is 0. The van der Waals surface area contributed by atoms with Gasteiger partial charge in [0.15, 0.2) is 0 Å². The number of ether oxygens (including phenoxy) is 1. The minimum absolute atomic E-state index is 0.102. The second-order valence-electron chi connectivity index (χ2n) is 8.67. The van der Waals surface area contributed by atoms with Gasteiger partial charge in [0.05, 0.1) is 18.6 Å². The number of amides is 2. The fourth-order valence-corrected chi connectivity index (χ4v) is 4.99. The van der Waals surface area contributed by atoms with Crippen molar-refractivity contribution >= 4 is 27.5 Å². The van der Waals surface area contributed by atoms with E-state index in [-0.39, 0.29) is 24.8 Å². The lowest BCUT2D eigenvalue weighted by molar-refractivity contribution is -0.141. The van der Waals surface area contributed by atoms with Gasteiger partial charge in [-0.3, -0.25) is 13.9 Å². The lowest BCUT2D eigenvalue weighted by atomic mass is 10.1. The van der Waals surface area contributed by atoms with E-state index < -0.39 is 16.1 Å². The van der Waals surface area contributed by atoms with E-state index in [1.165, 1.54) is 4.31 Å². The number of nitrogens with zero attached hydrogens (tertiary/aromatic N) is 2. The molecule has 0 aliphatic rings. The van der Waals surface area contributed by atoms with Crippen molar-refractivity contribution in [1.82, 2.24) is 10.2 Å². The third-order valence-corrected chi connectivity index (χ3v) is 6.98. The first-order valence-electron chi connectivity index (χ1n) is 12.4. The van der Waals surface area contributed by atoms with Gasteiger partial charge in [0.2, 0.25) is 21.8 Å². The number of hydrogen-bond acceptors (Lipinski definition) is 5.